The molecule has 2 atom stereocenters. The Balaban J connectivity index is 2.17. The van der Waals surface area contributed by atoms with Gasteiger partial charge >= 0.3 is 0 Å². The molecule has 0 bridgehead atoms. The lowest BCUT2D eigenvalue weighted by atomic mass is 10.1. The molecule has 0 radical (unpaired) electrons. The van der Waals surface area contributed by atoms with Gasteiger partial charge in [0.25, 0.3) is 0 Å². The fourth-order valence-electron chi connectivity index (χ4n) is 1.68. The van der Waals surface area contributed by atoms with Crippen molar-refractivity contribution in [1.29, 1.82) is 0 Å². The van der Waals surface area contributed by atoms with Crippen LogP contribution < -0.4 is 10.5 Å². The number of halogens is 1. The van der Waals surface area contributed by atoms with Crippen molar-refractivity contribution in [3.8, 4) is 5.75 Å². The predicted octanol–water partition coefficient (Wildman–Crippen LogP) is 3.74. The third kappa shape index (κ3) is 3.26. The average Bonchev–Trinajstić information content (AvgIpc) is 2.91. The summed E-state index contributed by atoms with van der Waals surface area (Å²) in [6.07, 6.45) is 2.22. The maximum Gasteiger partial charge on any atom is 0.171 e. The average molecular weight is 357 g/mol. The molecule has 0 aliphatic heterocycles. The molecule has 1 aromatic heterocycles. The van der Waals surface area contributed by atoms with Gasteiger partial charge < -0.3 is 14.9 Å². The highest BCUT2D eigenvalue weighted by molar-refractivity contribution is 14.1. The Morgan fingerprint density at radius 1 is 1.28 bits per heavy atom. The second-order valence-corrected chi connectivity index (χ2v) is 5.33. The van der Waals surface area contributed by atoms with Crippen LogP contribution in [0.15, 0.2) is 47.1 Å². The van der Waals surface area contributed by atoms with Gasteiger partial charge in [-0.3, -0.25) is 0 Å². The molecule has 4 heteroatoms. The molecule has 0 aliphatic carbocycles. The number of furan rings is 1. The van der Waals surface area contributed by atoms with Gasteiger partial charge in [0, 0.05) is 9.61 Å². The Morgan fingerprint density at radius 2 is 2.00 bits per heavy atom. The molecule has 0 amide bonds. The van der Waals surface area contributed by atoms with Crippen molar-refractivity contribution in [3.63, 3.8) is 0 Å². The van der Waals surface area contributed by atoms with Gasteiger partial charge in [-0.05, 0) is 65.4 Å². The molecule has 2 aromatic rings. The second kappa shape index (κ2) is 6.24. The number of ether oxygens (including phenoxy) is 1. The van der Waals surface area contributed by atoms with Crippen molar-refractivity contribution in [2.45, 2.75) is 25.5 Å². The molecule has 2 N–H and O–H groups in total. The number of hydrogen-bond acceptors (Lipinski definition) is 3. The summed E-state index contributed by atoms with van der Waals surface area (Å²) in [7, 11) is 0. The van der Waals surface area contributed by atoms with E-state index in [0.717, 1.165) is 17.9 Å². The summed E-state index contributed by atoms with van der Waals surface area (Å²) in [5.41, 5.74) is 6.10. The maximum atomic E-state index is 6.10. The van der Waals surface area contributed by atoms with E-state index in [1.54, 1.807) is 6.26 Å². The number of nitrogens with two attached hydrogens (primary N) is 1. The largest absolute Gasteiger partial charge is 0.481 e. The van der Waals surface area contributed by atoms with E-state index in [0.29, 0.717) is 0 Å². The van der Waals surface area contributed by atoms with Crippen molar-refractivity contribution in [2.24, 2.45) is 5.73 Å². The Kier molecular flexibility index (Phi) is 4.66. The predicted molar refractivity (Wildman–Crippen MR) is 79.5 cm³/mol. The molecular formula is C14H16INO2. The topological polar surface area (TPSA) is 48.4 Å². The first-order chi connectivity index (χ1) is 8.70. The molecule has 2 rings (SSSR count). The van der Waals surface area contributed by atoms with E-state index in [-0.39, 0.29) is 12.1 Å². The van der Waals surface area contributed by atoms with Gasteiger partial charge in [0.05, 0.1) is 6.26 Å². The van der Waals surface area contributed by atoms with Gasteiger partial charge in [0.1, 0.15) is 11.5 Å². The van der Waals surface area contributed by atoms with Crippen LogP contribution in [0.3, 0.4) is 0 Å². The maximum absolute atomic E-state index is 6.10. The third-order valence-corrected chi connectivity index (χ3v) is 3.48. The van der Waals surface area contributed by atoms with Crippen LogP contribution in [0.2, 0.25) is 0 Å². The second-order valence-electron chi connectivity index (χ2n) is 4.08. The smallest absolute Gasteiger partial charge is 0.171 e. The third-order valence-electron chi connectivity index (χ3n) is 2.76. The number of benzene rings is 1. The molecule has 2 unspecified atom stereocenters. The van der Waals surface area contributed by atoms with Gasteiger partial charge in [0.2, 0.25) is 0 Å². The highest BCUT2D eigenvalue weighted by Gasteiger charge is 2.23. The van der Waals surface area contributed by atoms with E-state index in [9.17, 15) is 0 Å². The highest BCUT2D eigenvalue weighted by atomic mass is 127. The van der Waals surface area contributed by atoms with Crippen LogP contribution in [-0.2, 0) is 0 Å². The van der Waals surface area contributed by atoms with E-state index < -0.39 is 0 Å². The number of hydrogen-bond donors (Lipinski definition) is 1. The summed E-state index contributed by atoms with van der Waals surface area (Å²) < 4.78 is 12.5. The van der Waals surface area contributed by atoms with Crippen LogP contribution in [0.5, 0.6) is 5.75 Å². The Hall–Kier alpha value is -1.01. The van der Waals surface area contributed by atoms with E-state index >= 15 is 0 Å². The minimum absolute atomic E-state index is 0.0876. The van der Waals surface area contributed by atoms with Gasteiger partial charge in [-0.15, -0.1) is 0 Å². The van der Waals surface area contributed by atoms with Crippen LogP contribution in [-0.4, -0.2) is 6.04 Å². The summed E-state index contributed by atoms with van der Waals surface area (Å²) in [6.45, 7) is 2.04. The number of rotatable bonds is 5. The molecule has 18 heavy (non-hydrogen) atoms. The lowest BCUT2D eigenvalue weighted by Crippen LogP contribution is -2.31. The summed E-state index contributed by atoms with van der Waals surface area (Å²) >= 11 is 2.26. The van der Waals surface area contributed by atoms with Crippen LogP contribution in [0.25, 0.3) is 0 Å². The molecule has 3 nitrogen and oxygen atoms in total. The first-order valence-corrected chi connectivity index (χ1v) is 6.99. The zero-order valence-electron chi connectivity index (χ0n) is 10.2. The SMILES string of the molecule is CCC(N)C(Oc1ccc(I)cc1)c1ccco1. The van der Waals surface area contributed by atoms with E-state index in [4.69, 9.17) is 14.9 Å². The van der Waals surface area contributed by atoms with Gasteiger partial charge in [-0.25, -0.2) is 0 Å². The van der Waals surface area contributed by atoms with E-state index in [1.807, 2.05) is 43.3 Å². The zero-order chi connectivity index (χ0) is 13.0. The van der Waals surface area contributed by atoms with Gasteiger partial charge in [-0.1, -0.05) is 6.92 Å². The van der Waals surface area contributed by atoms with Crippen molar-refractivity contribution in [2.75, 3.05) is 0 Å². The standard InChI is InChI=1S/C14H16INO2/c1-2-12(16)14(13-4-3-9-17-13)18-11-7-5-10(15)6-8-11/h3-9,12,14H,2,16H2,1H3. The summed E-state index contributed by atoms with van der Waals surface area (Å²) in [4.78, 5) is 0. The van der Waals surface area contributed by atoms with Crippen molar-refractivity contribution in [1.82, 2.24) is 0 Å². The minimum Gasteiger partial charge on any atom is -0.481 e. The summed E-state index contributed by atoms with van der Waals surface area (Å²) in [6, 6.07) is 11.6. The molecule has 0 fully saturated rings. The lowest BCUT2D eigenvalue weighted by Gasteiger charge is -2.22. The monoisotopic (exact) mass is 357 g/mol. The van der Waals surface area contributed by atoms with Crippen molar-refractivity contribution in [3.05, 3.63) is 52.0 Å². The Labute approximate surface area is 120 Å². The molecule has 1 aromatic carbocycles. The molecule has 0 spiro atoms. The van der Waals surface area contributed by atoms with Crippen molar-refractivity contribution < 1.29 is 9.15 Å². The summed E-state index contributed by atoms with van der Waals surface area (Å²) in [5.74, 6) is 1.57. The molecule has 0 aliphatic rings. The fraction of sp³-hybridized carbons (Fsp3) is 0.286. The van der Waals surface area contributed by atoms with E-state index in [1.165, 1.54) is 3.57 Å². The van der Waals surface area contributed by atoms with Crippen LogP contribution in [0.1, 0.15) is 25.2 Å². The lowest BCUT2D eigenvalue weighted by molar-refractivity contribution is 0.144. The van der Waals surface area contributed by atoms with Gasteiger partial charge in [0.15, 0.2) is 6.10 Å². The van der Waals surface area contributed by atoms with Crippen LogP contribution in [0.4, 0.5) is 0 Å². The van der Waals surface area contributed by atoms with E-state index in [2.05, 4.69) is 22.6 Å². The molecule has 0 saturated carbocycles. The Bertz CT molecular complexity index is 467. The van der Waals surface area contributed by atoms with Crippen molar-refractivity contribution >= 4 is 22.6 Å². The molecule has 0 saturated heterocycles. The Morgan fingerprint density at radius 3 is 2.56 bits per heavy atom. The molecule has 96 valence electrons. The highest BCUT2D eigenvalue weighted by Crippen LogP contribution is 2.26. The molecule has 1 heterocycles. The molecular weight excluding hydrogens is 341 g/mol. The minimum atomic E-state index is -0.245. The van der Waals surface area contributed by atoms with Crippen LogP contribution in [0, 0.1) is 3.57 Å². The normalized spacial score (nSPS) is 14.2. The van der Waals surface area contributed by atoms with Crippen LogP contribution >= 0.6 is 22.6 Å². The van der Waals surface area contributed by atoms with Gasteiger partial charge in [-0.2, -0.15) is 0 Å². The quantitative estimate of drug-likeness (QED) is 0.830. The first-order valence-electron chi connectivity index (χ1n) is 5.92. The zero-order valence-corrected chi connectivity index (χ0v) is 12.3. The summed E-state index contributed by atoms with van der Waals surface area (Å²) in [5, 5.41) is 0. The fourth-order valence-corrected chi connectivity index (χ4v) is 2.04. The first kappa shape index (κ1) is 13.4.